The first-order chi connectivity index (χ1) is 10.3. The molecule has 0 N–H and O–H groups in total. The summed E-state index contributed by atoms with van der Waals surface area (Å²) >= 11 is 1.24. The molecule has 0 bridgehead atoms. The number of amides is 1. The van der Waals surface area contributed by atoms with Gasteiger partial charge in [0, 0.05) is 18.0 Å². The second kappa shape index (κ2) is 5.04. The van der Waals surface area contributed by atoms with Crippen LogP contribution in [-0.4, -0.2) is 36.5 Å². The molecule has 1 aliphatic rings. The summed E-state index contributed by atoms with van der Waals surface area (Å²) < 4.78 is 43.5. The molecule has 22 heavy (non-hydrogen) atoms. The van der Waals surface area contributed by atoms with Crippen molar-refractivity contribution < 1.29 is 18.0 Å². The lowest BCUT2D eigenvalue weighted by Gasteiger charge is -2.28. The molecule has 0 atom stereocenters. The molecule has 10 heteroatoms. The van der Waals surface area contributed by atoms with Gasteiger partial charge in [-0.15, -0.1) is 10.2 Å². The van der Waals surface area contributed by atoms with Crippen molar-refractivity contribution in [3.8, 4) is 0 Å². The molecule has 3 rings (SSSR count). The third-order valence-corrected chi connectivity index (χ3v) is 4.38. The van der Waals surface area contributed by atoms with Crippen LogP contribution < -0.4 is 0 Å². The van der Waals surface area contributed by atoms with E-state index >= 15 is 0 Å². The summed E-state index contributed by atoms with van der Waals surface area (Å²) in [7, 11) is 0. The van der Waals surface area contributed by atoms with Crippen molar-refractivity contribution in [3.05, 3.63) is 27.8 Å². The zero-order valence-corrected chi connectivity index (χ0v) is 12.6. The van der Waals surface area contributed by atoms with Gasteiger partial charge in [-0.3, -0.25) is 4.79 Å². The van der Waals surface area contributed by atoms with Crippen LogP contribution in [0.5, 0.6) is 0 Å². The highest BCUT2D eigenvalue weighted by Gasteiger charge is 2.40. The van der Waals surface area contributed by atoms with E-state index in [9.17, 15) is 18.0 Å². The van der Waals surface area contributed by atoms with E-state index in [-0.39, 0.29) is 31.4 Å². The second-order valence-electron chi connectivity index (χ2n) is 5.02. The van der Waals surface area contributed by atoms with Gasteiger partial charge in [0.1, 0.15) is 0 Å². The maximum Gasteiger partial charge on any atom is 0.451 e. The van der Waals surface area contributed by atoms with Crippen LogP contribution in [0.4, 0.5) is 13.2 Å². The van der Waals surface area contributed by atoms with E-state index in [0.717, 1.165) is 9.44 Å². The minimum atomic E-state index is -4.54. The molecule has 3 heterocycles. The molecule has 0 radical (unpaired) electrons. The van der Waals surface area contributed by atoms with Crippen molar-refractivity contribution in [2.45, 2.75) is 33.1 Å². The number of carbonyl (C=O) groups is 1. The van der Waals surface area contributed by atoms with E-state index < -0.39 is 12.0 Å². The highest BCUT2D eigenvalue weighted by molar-refractivity contribution is 7.06. The number of halogens is 3. The lowest BCUT2D eigenvalue weighted by Crippen LogP contribution is -2.39. The number of rotatable bonds is 1. The van der Waals surface area contributed by atoms with Gasteiger partial charge in [0.2, 0.25) is 5.82 Å². The summed E-state index contributed by atoms with van der Waals surface area (Å²) in [4.78, 5) is 14.8. The maximum atomic E-state index is 12.8. The van der Waals surface area contributed by atoms with Gasteiger partial charge in [-0.25, -0.2) is 0 Å². The van der Waals surface area contributed by atoms with Gasteiger partial charge < -0.3 is 9.47 Å². The van der Waals surface area contributed by atoms with Crippen LogP contribution in [0.15, 0.2) is 0 Å². The Balaban J connectivity index is 1.87. The predicted octanol–water partition coefficient (Wildman–Crippen LogP) is 2.03. The highest BCUT2D eigenvalue weighted by Crippen LogP contribution is 2.30. The summed E-state index contributed by atoms with van der Waals surface area (Å²) in [6.07, 6.45) is -4.54. The smallest absolute Gasteiger partial charge is 0.329 e. The summed E-state index contributed by atoms with van der Waals surface area (Å²) in [6.45, 7) is 3.76. The lowest BCUT2D eigenvalue weighted by molar-refractivity contribution is -0.147. The Kier molecular flexibility index (Phi) is 3.42. The molecule has 0 saturated heterocycles. The van der Waals surface area contributed by atoms with Gasteiger partial charge in [-0.1, -0.05) is 0 Å². The van der Waals surface area contributed by atoms with Crippen molar-refractivity contribution >= 4 is 17.4 Å². The standard InChI is InChI=1S/C12H12F3N5OS/c1-6-9(7(2)22-18-6)10(21)19-3-4-20-8(5-19)16-17-11(20)12(13,14)15/h3-5H2,1-2H3. The first-order valence-corrected chi connectivity index (χ1v) is 7.28. The van der Waals surface area contributed by atoms with Gasteiger partial charge in [0.05, 0.1) is 17.8 Å². The predicted molar refractivity (Wildman–Crippen MR) is 71.4 cm³/mol. The molecule has 0 aliphatic carbocycles. The number of hydrogen-bond acceptors (Lipinski definition) is 5. The van der Waals surface area contributed by atoms with Gasteiger partial charge in [-0.05, 0) is 25.4 Å². The van der Waals surface area contributed by atoms with Crippen LogP contribution in [0.1, 0.15) is 32.6 Å². The van der Waals surface area contributed by atoms with Gasteiger partial charge >= 0.3 is 6.18 Å². The highest BCUT2D eigenvalue weighted by atomic mass is 32.1. The van der Waals surface area contributed by atoms with Crippen molar-refractivity contribution in [2.24, 2.45) is 0 Å². The maximum absolute atomic E-state index is 12.8. The van der Waals surface area contributed by atoms with Crippen LogP contribution in [-0.2, 0) is 19.3 Å². The molecule has 1 aliphatic heterocycles. The van der Waals surface area contributed by atoms with Gasteiger partial charge in [0.15, 0.2) is 5.82 Å². The molecular weight excluding hydrogens is 319 g/mol. The van der Waals surface area contributed by atoms with E-state index in [1.807, 2.05) is 0 Å². The van der Waals surface area contributed by atoms with Crippen LogP contribution in [0, 0.1) is 13.8 Å². The number of hydrogen-bond donors (Lipinski definition) is 0. The first kappa shape index (κ1) is 14.9. The first-order valence-electron chi connectivity index (χ1n) is 6.50. The summed E-state index contributed by atoms with van der Waals surface area (Å²) in [6, 6.07) is 0. The average molecular weight is 331 g/mol. The average Bonchev–Trinajstić information content (AvgIpc) is 3.00. The minimum Gasteiger partial charge on any atom is -0.329 e. The zero-order chi connectivity index (χ0) is 16.1. The number of nitrogens with zero attached hydrogens (tertiary/aromatic N) is 5. The van der Waals surface area contributed by atoms with Crippen LogP contribution in [0.3, 0.4) is 0 Å². The van der Waals surface area contributed by atoms with Crippen molar-refractivity contribution in [2.75, 3.05) is 6.54 Å². The second-order valence-corrected chi connectivity index (χ2v) is 5.99. The van der Waals surface area contributed by atoms with Crippen molar-refractivity contribution in [1.29, 1.82) is 0 Å². The van der Waals surface area contributed by atoms with E-state index in [1.54, 1.807) is 13.8 Å². The molecule has 0 spiro atoms. The Bertz CT molecular complexity index is 716. The summed E-state index contributed by atoms with van der Waals surface area (Å²) in [5.41, 5.74) is 1.16. The van der Waals surface area contributed by atoms with Crippen molar-refractivity contribution in [1.82, 2.24) is 24.0 Å². The fourth-order valence-corrected chi connectivity index (χ4v) is 3.18. The Morgan fingerprint density at radius 1 is 1.23 bits per heavy atom. The molecule has 0 saturated carbocycles. The summed E-state index contributed by atoms with van der Waals surface area (Å²) in [5.74, 6) is -1.10. The van der Waals surface area contributed by atoms with E-state index in [4.69, 9.17) is 0 Å². The Hall–Kier alpha value is -1.97. The number of alkyl halides is 3. The molecule has 0 aromatic carbocycles. The molecule has 6 nitrogen and oxygen atoms in total. The zero-order valence-electron chi connectivity index (χ0n) is 11.8. The summed E-state index contributed by atoms with van der Waals surface area (Å²) in [5, 5.41) is 6.77. The number of aromatic nitrogens is 4. The fraction of sp³-hybridized carbons (Fsp3) is 0.500. The van der Waals surface area contributed by atoms with Crippen molar-refractivity contribution in [3.63, 3.8) is 0 Å². The molecule has 0 unspecified atom stereocenters. The quantitative estimate of drug-likeness (QED) is 0.802. The Morgan fingerprint density at radius 2 is 1.95 bits per heavy atom. The third-order valence-electron chi connectivity index (χ3n) is 3.54. The van der Waals surface area contributed by atoms with Gasteiger partial charge in [0.25, 0.3) is 5.91 Å². The van der Waals surface area contributed by atoms with Crippen LogP contribution in [0.2, 0.25) is 0 Å². The monoisotopic (exact) mass is 331 g/mol. The normalized spacial score (nSPS) is 15.0. The fourth-order valence-electron chi connectivity index (χ4n) is 2.49. The Labute approximate surface area is 127 Å². The molecule has 2 aromatic heterocycles. The molecule has 1 amide bonds. The van der Waals surface area contributed by atoms with E-state index in [0.29, 0.717) is 11.3 Å². The third kappa shape index (κ3) is 2.36. The number of aryl methyl sites for hydroxylation is 2. The van der Waals surface area contributed by atoms with Gasteiger partial charge in [-0.2, -0.15) is 17.5 Å². The number of fused-ring (bicyclic) bond motifs is 1. The largest absolute Gasteiger partial charge is 0.451 e. The van der Waals surface area contributed by atoms with Crippen LogP contribution in [0.25, 0.3) is 0 Å². The van der Waals surface area contributed by atoms with E-state index in [1.165, 1.54) is 16.4 Å². The SMILES string of the molecule is Cc1nsc(C)c1C(=O)N1CCn2c(nnc2C(F)(F)F)C1. The molecule has 2 aromatic rings. The Morgan fingerprint density at radius 3 is 2.55 bits per heavy atom. The van der Waals surface area contributed by atoms with Crippen LogP contribution >= 0.6 is 11.5 Å². The lowest BCUT2D eigenvalue weighted by atomic mass is 10.1. The molecular formula is C12H12F3N5OS. The van der Waals surface area contributed by atoms with E-state index in [2.05, 4.69) is 14.6 Å². The molecule has 118 valence electrons. The minimum absolute atomic E-state index is 0.0106. The number of carbonyl (C=O) groups excluding carboxylic acids is 1. The topological polar surface area (TPSA) is 63.9 Å². The molecule has 0 fully saturated rings.